The van der Waals surface area contributed by atoms with Gasteiger partial charge < -0.3 is 24.5 Å². The van der Waals surface area contributed by atoms with E-state index < -0.39 is 47.7 Å². The van der Waals surface area contributed by atoms with Gasteiger partial charge in [-0.15, -0.1) is 0 Å². The number of rotatable bonds is 7. The molecule has 224 valence electrons. The minimum absolute atomic E-state index is 0.000417. The van der Waals surface area contributed by atoms with E-state index in [2.05, 4.69) is 5.32 Å². The second-order valence-corrected chi connectivity index (χ2v) is 11.6. The Balaban J connectivity index is 1.37. The van der Waals surface area contributed by atoms with Crippen LogP contribution in [0.3, 0.4) is 0 Å². The van der Waals surface area contributed by atoms with E-state index in [9.17, 15) is 27.9 Å². The lowest BCUT2D eigenvalue weighted by atomic mass is 9.76. The maximum Gasteiger partial charge on any atom is 0.492 e. The number of benzene rings is 3. The first-order valence-corrected chi connectivity index (χ1v) is 13.8. The van der Waals surface area contributed by atoms with Crippen LogP contribution in [0, 0.1) is 0 Å². The van der Waals surface area contributed by atoms with E-state index in [-0.39, 0.29) is 24.6 Å². The third-order valence-electron chi connectivity index (χ3n) is 8.29. The number of alkyl halides is 3. The molecule has 0 saturated carbocycles. The molecule has 1 fully saturated rings. The van der Waals surface area contributed by atoms with E-state index in [1.807, 2.05) is 76.2 Å². The molecule has 0 bridgehead atoms. The van der Waals surface area contributed by atoms with Crippen molar-refractivity contribution in [3.63, 3.8) is 0 Å². The Morgan fingerprint density at radius 1 is 0.953 bits per heavy atom. The molecular formula is C32H31BF3NO6. The summed E-state index contributed by atoms with van der Waals surface area (Å²) in [4.78, 5) is 24.8. The van der Waals surface area contributed by atoms with E-state index in [1.54, 1.807) is 0 Å². The van der Waals surface area contributed by atoms with E-state index in [0.717, 1.165) is 34.4 Å². The van der Waals surface area contributed by atoms with Crippen LogP contribution in [-0.2, 0) is 20.2 Å². The molecular weight excluding hydrogens is 562 g/mol. The molecule has 7 nitrogen and oxygen atoms in total. The van der Waals surface area contributed by atoms with E-state index in [0.29, 0.717) is 11.5 Å². The minimum atomic E-state index is -4.72. The van der Waals surface area contributed by atoms with Gasteiger partial charge in [0, 0.05) is 12.5 Å². The number of hydrogen-bond donors (Lipinski definition) is 2. The van der Waals surface area contributed by atoms with Crippen LogP contribution in [0.2, 0.25) is 0 Å². The lowest BCUT2D eigenvalue weighted by Gasteiger charge is -2.32. The fourth-order valence-electron chi connectivity index (χ4n) is 5.26. The molecule has 1 aliphatic carbocycles. The molecule has 2 N–H and O–H groups in total. The maximum atomic E-state index is 13.3. The van der Waals surface area contributed by atoms with E-state index >= 15 is 0 Å². The number of carboxylic acid groups (broad SMARTS) is 1. The summed E-state index contributed by atoms with van der Waals surface area (Å²) >= 11 is 0. The number of carbonyl (C=O) groups excluding carboxylic acids is 1. The highest BCUT2D eigenvalue weighted by Crippen LogP contribution is 2.44. The fourth-order valence-corrected chi connectivity index (χ4v) is 5.26. The second kappa shape index (κ2) is 11.2. The van der Waals surface area contributed by atoms with Crippen molar-refractivity contribution in [1.29, 1.82) is 0 Å². The van der Waals surface area contributed by atoms with Crippen molar-refractivity contribution in [1.82, 2.24) is 5.32 Å². The highest BCUT2D eigenvalue weighted by Gasteiger charge is 2.52. The lowest BCUT2D eigenvalue weighted by molar-refractivity contribution is -0.137. The summed E-state index contributed by atoms with van der Waals surface area (Å²) in [7, 11) is -1.01. The number of carboxylic acids is 1. The van der Waals surface area contributed by atoms with Gasteiger partial charge in [0.2, 0.25) is 0 Å². The summed E-state index contributed by atoms with van der Waals surface area (Å²) < 4.78 is 57.7. The van der Waals surface area contributed by atoms with Crippen molar-refractivity contribution in [2.75, 3.05) is 13.2 Å². The molecule has 1 saturated heterocycles. The molecule has 0 spiro atoms. The number of aromatic carboxylic acids is 1. The Labute approximate surface area is 247 Å². The second-order valence-electron chi connectivity index (χ2n) is 11.6. The van der Waals surface area contributed by atoms with Gasteiger partial charge in [-0.2, -0.15) is 13.2 Å². The van der Waals surface area contributed by atoms with Gasteiger partial charge in [-0.3, -0.25) is 0 Å². The molecule has 3 aromatic carbocycles. The van der Waals surface area contributed by atoms with Crippen molar-refractivity contribution >= 4 is 25.3 Å². The predicted molar refractivity (Wildman–Crippen MR) is 156 cm³/mol. The first kappa shape index (κ1) is 30.4. The summed E-state index contributed by atoms with van der Waals surface area (Å²) in [6, 6.07) is 18.3. The molecule has 0 atom stereocenters. The smallest absolute Gasteiger partial charge is 0.478 e. The van der Waals surface area contributed by atoms with Gasteiger partial charge in [-0.25, -0.2) is 9.59 Å². The number of amides is 1. The molecule has 43 heavy (non-hydrogen) atoms. The summed E-state index contributed by atoms with van der Waals surface area (Å²) in [6.07, 6.45) is -4.07. The standard InChI is InChI=1S/C32H31BF3NO6/c1-30(2)31(3,4)43-33(42-30)21(15-19-13-14-20(32(34,35)36)16-26(19)28(38)39)17-37-29(40)41-18-27-24-11-7-5-9-22(24)23-10-6-8-12-25(23)27/h5-16,27H,17-18H2,1-4H3,(H,37,40)(H,38,39). The molecule has 0 radical (unpaired) electrons. The third-order valence-corrected chi connectivity index (χ3v) is 8.29. The molecule has 0 unspecified atom stereocenters. The molecule has 0 aromatic heterocycles. The van der Waals surface area contributed by atoms with Crippen LogP contribution in [0.5, 0.6) is 0 Å². The molecule has 5 rings (SSSR count). The summed E-state index contributed by atoms with van der Waals surface area (Å²) in [5.41, 5.74) is 1.41. The number of nitrogens with one attached hydrogen (secondary N) is 1. The molecule has 2 aliphatic rings. The quantitative estimate of drug-likeness (QED) is 0.288. The minimum Gasteiger partial charge on any atom is -0.478 e. The normalized spacial score (nSPS) is 17.4. The maximum absolute atomic E-state index is 13.3. The zero-order chi connectivity index (χ0) is 31.2. The van der Waals surface area contributed by atoms with Crippen LogP contribution >= 0.6 is 0 Å². The number of hydrogen-bond acceptors (Lipinski definition) is 5. The van der Waals surface area contributed by atoms with Gasteiger partial charge in [0.1, 0.15) is 6.61 Å². The van der Waals surface area contributed by atoms with Crippen LogP contribution in [0.25, 0.3) is 17.2 Å². The number of carbonyl (C=O) groups is 2. The molecule has 1 heterocycles. The Bertz CT molecular complexity index is 1540. The van der Waals surface area contributed by atoms with Gasteiger partial charge in [0.15, 0.2) is 0 Å². The number of fused-ring (bicyclic) bond motifs is 3. The molecule has 1 amide bonds. The van der Waals surface area contributed by atoms with Crippen LogP contribution in [0.15, 0.2) is 72.2 Å². The molecule has 11 heteroatoms. The van der Waals surface area contributed by atoms with Crippen molar-refractivity contribution in [3.05, 3.63) is 100 Å². The van der Waals surface area contributed by atoms with Crippen molar-refractivity contribution in [2.24, 2.45) is 0 Å². The van der Waals surface area contributed by atoms with Crippen molar-refractivity contribution in [2.45, 2.75) is 51.0 Å². The predicted octanol–water partition coefficient (Wildman–Crippen LogP) is 6.96. The summed E-state index contributed by atoms with van der Waals surface area (Å²) in [5, 5.41) is 12.4. The zero-order valence-electron chi connectivity index (χ0n) is 24.1. The van der Waals surface area contributed by atoms with Gasteiger partial charge in [0.25, 0.3) is 0 Å². The SMILES string of the molecule is CC1(C)OB(C(=Cc2ccc(C(F)(F)F)cc2C(=O)O)CNC(=O)OCC2c3ccccc3-c3ccccc32)OC1(C)C. The van der Waals surface area contributed by atoms with Crippen molar-refractivity contribution < 1.29 is 41.9 Å². The van der Waals surface area contributed by atoms with Gasteiger partial charge in [0.05, 0.1) is 22.3 Å². The highest BCUT2D eigenvalue weighted by atomic mass is 19.4. The van der Waals surface area contributed by atoms with E-state index in [1.165, 1.54) is 6.08 Å². The average molecular weight is 593 g/mol. The first-order valence-electron chi connectivity index (χ1n) is 13.8. The largest absolute Gasteiger partial charge is 0.492 e. The number of ether oxygens (including phenoxy) is 1. The van der Waals surface area contributed by atoms with Gasteiger partial charge >= 0.3 is 25.4 Å². The van der Waals surface area contributed by atoms with Crippen LogP contribution < -0.4 is 5.32 Å². The van der Waals surface area contributed by atoms with Gasteiger partial charge in [-0.1, -0.05) is 60.7 Å². The Hall–Kier alpha value is -4.09. The monoisotopic (exact) mass is 593 g/mol. The van der Waals surface area contributed by atoms with Crippen molar-refractivity contribution in [3.8, 4) is 11.1 Å². The summed E-state index contributed by atoms with van der Waals surface area (Å²) in [6.45, 7) is 7.20. The molecule has 3 aromatic rings. The van der Waals surface area contributed by atoms with E-state index in [4.69, 9.17) is 14.0 Å². The van der Waals surface area contributed by atoms with Crippen LogP contribution in [0.4, 0.5) is 18.0 Å². The highest BCUT2D eigenvalue weighted by molar-refractivity contribution is 6.56. The van der Waals surface area contributed by atoms with Gasteiger partial charge in [-0.05, 0) is 73.1 Å². The Morgan fingerprint density at radius 2 is 1.51 bits per heavy atom. The lowest BCUT2D eigenvalue weighted by Crippen LogP contribution is -2.41. The van der Waals surface area contributed by atoms with Crippen LogP contribution in [-0.4, -0.2) is 48.6 Å². The zero-order valence-corrected chi connectivity index (χ0v) is 24.1. The third kappa shape index (κ3) is 6.05. The Kier molecular flexibility index (Phi) is 7.91. The van der Waals surface area contributed by atoms with Crippen LogP contribution in [0.1, 0.15) is 66.2 Å². The fraction of sp³-hybridized carbons (Fsp3) is 0.312. The number of halogens is 3. The molecule has 1 aliphatic heterocycles. The average Bonchev–Trinajstić information content (AvgIpc) is 3.37. The summed E-state index contributed by atoms with van der Waals surface area (Å²) in [5.74, 6) is -1.68. The Morgan fingerprint density at radius 3 is 2.05 bits per heavy atom. The number of alkyl carbamates (subject to hydrolysis) is 1. The first-order chi connectivity index (χ1) is 20.2. The topological polar surface area (TPSA) is 94.1 Å².